The zero-order chi connectivity index (χ0) is 28.1. The summed E-state index contributed by atoms with van der Waals surface area (Å²) in [7, 11) is 1.43. The van der Waals surface area contributed by atoms with E-state index in [4.69, 9.17) is 9.84 Å². The van der Waals surface area contributed by atoms with Gasteiger partial charge in [-0.25, -0.2) is 4.79 Å². The Kier molecular flexibility index (Phi) is 8.46. The molecule has 0 amide bonds. The van der Waals surface area contributed by atoms with Crippen LogP contribution in [0.2, 0.25) is 0 Å². The molecule has 1 heterocycles. The molecule has 0 saturated heterocycles. The van der Waals surface area contributed by atoms with E-state index in [1.54, 1.807) is 18.2 Å². The van der Waals surface area contributed by atoms with Crippen LogP contribution in [0.1, 0.15) is 52.2 Å². The van der Waals surface area contributed by atoms with Crippen LogP contribution in [0.25, 0.3) is 22.8 Å². The number of methoxy groups -OCH3 is 1. The second-order valence-electron chi connectivity index (χ2n) is 10.9. The van der Waals surface area contributed by atoms with E-state index >= 15 is 0 Å². The summed E-state index contributed by atoms with van der Waals surface area (Å²) in [5, 5.41) is 36.9. The Bertz CT molecular complexity index is 1420. The first-order valence-corrected chi connectivity index (χ1v) is 12.2. The van der Waals surface area contributed by atoms with Gasteiger partial charge in [0, 0.05) is 6.08 Å². The van der Waals surface area contributed by atoms with E-state index in [1.807, 2.05) is 36.4 Å². The number of aromatic hydroxyl groups is 2. The van der Waals surface area contributed by atoms with E-state index in [0.717, 1.165) is 23.5 Å². The lowest BCUT2D eigenvalue weighted by atomic mass is 9.72. The van der Waals surface area contributed by atoms with E-state index in [1.165, 1.54) is 29.6 Å². The second-order valence-corrected chi connectivity index (χ2v) is 10.9. The van der Waals surface area contributed by atoms with Crippen LogP contribution >= 0.6 is 0 Å². The van der Waals surface area contributed by atoms with Gasteiger partial charge in [-0.2, -0.15) is 0 Å². The van der Waals surface area contributed by atoms with Gasteiger partial charge in [0.25, 0.3) is 0 Å². The maximum atomic E-state index is 10.3. The molecule has 3 aromatic carbocycles. The molecule has 0 aliphatic rings. The molecule has 0 spiro atoms. The first-order valence-electron chi connectivity index (χ1n) is 12.2. The highest BCUT2D eigenvalue weighted by molar-refractivity contribution is 5.85. The van der Waals surface area contributed by atoms with Gasteiger partial charge in [0.05, 0.1) is 7.11 Å². The van der Waals surface area contributed by atoms with E-state index in [2.05, 4.69) is 44.8 Å². The van der Waals surface area contributed by atoms with Crippen molar-refractivity contribution in [2.24, 2.45) is 5.41 Å². The number of rotatable bonds is 6. The first kappa shape index (κ1) is 28.2. The normalized spacial score (nSPS) is 11.8. The lowest BCUT2D eigenvalue weighted by Gasteiger charge is -2.33. The van der Waals surface area contributed by atoms with Crippen molar-refractivity contribution in [3.63, 3.8) is 0 Å². The van der Waals surface area contributed by atoms with Crippen LogP contribution < -0.4 is 4.74 Å². The van der Waals surface area contributed by atoms with Crippen molar-refractivity contribution in [1.82, 2.24) is 15.0 Å². The number of phenolic OH excluding ortho intramolecular Hbond substituents is 2. The van der Waals surface area contributed by atoms with Gasteiger partial charge in [-0.3, -0.25) is 0 Å². The van der Waals surface area contributed by atoms with Crippen molar-refractivity contribution in [1.29, 1.82) is 0 Å². The minimum absolute atomic E-state index is 0.00667. The van der Waals surface area contributed by atoms with Crippen molar-refractivity contribution >= 4 is 23.1 Å². The van der Waals surface area contributed by atoms with Crippen molar-refractivity contribution < 1.29 is 24.9 Å². The molecular weight excluding hydrogens is 482 g/mol. The number of benzene rings is 3. The number of nitrogens with zero attached hydrogens (tertiary/aromatic N) is 3. The van der Waals surface area contributed by atoms with Gasteiger partial charge in [-0.1, -0.05) is 58.9 Å². The number of carboxylic acid groups (broad SMARTS) is 1. The average molecular weight is 518 g/mol. The number of fused-ring (bicyclic) bond motifs is 1. The average Bonchev–Trinajstić information content (AvgIpc) is 3.26. The largest absolute Gasteiger partial charge is 0.506 e. The van der Waals surface area contributed by atoms with E-state index in [9.17, 15) is 15.0 Å². The zero-order valence-corrected chi connectivity index (χ0v) is 22.6. The van der Waals surface area contributed by atoms with Crippen LogP contribution in [0.4, 0.5) is 0 Å². The number of phenols is 2. The highest BCUT2D eigenvalue weighted by Gasteiger charge is 2.28. The number of hydrogen-bond acceptors (Lipinski definition) is 6. The van der Waals surface area contributed by atoms with Crippen LogP contribution in [0.5, 0.6) is 17.2 Å². The number of ether oxygens (including phenoxy) is 1. The second kappa shape index (κ2) is 11.4. The lowest BCUT2D eigenvalue weighted by molar-refractivity contribution is -0.131. The fraction of sp³-hybridized carbons (Fsp3) is 0.300. The third-order valence-corrected chi connectivity index (χ3v) is 5.85. The van der Waals surface area contributed by atoms with Crippen LogP contribution in [-0.2, 0) is 10.2 Å². The Morgan fingerprint density at radius 3 is 2.08 bits per heavy atom. The Balaban J connectivity index is 0.000000244. The molecule has 0 atom stereocenters. The summed E-state index contributed by atoms with van der Waals surface area (Å²) in [6, 6.07) is 18.0. The van der Waals surface area contributed by atoms with Gasteiger partial charge in [0.1, 0.15) is 22.5 Å². The molecular formula is C30H35N3O5. The molecule has 1 aromatic heterocycles. The number of hydrogen-bond donors (Lipinski definition) is 3. The van der Waals surface area contributed by atoms with Gasteiger partial charge < -0.3 is 20.1 Å². The summed E-state index contributed by atoms with van der Waals surface area (Å²) in [5.74, 6) is -0.486. The molecule has 3 N–H and O–H groups in total. The molecule has 38 heavy (non-hydrogen) atoms. The van der Waals surface area contributed by atoms with Crippen LogP contribution in [-0.4, -0.2) is 43.4 Å². The predicted molar refractivity (Wildman–Crippen MR) is 149 cm³/mol. The quantitative estimate of drug-likeness (QED) is 0.256. The standard InChI is InChI=1S/C20H25N3O.C10H10O4/c1-19(2,3)13-20(4,5)14-10-11-18(24)17(12-14)23-21-15-8-6-7-9-16(15)22-23;1-14-9-6-7(2-4-8(9)11)3-5-10(12)13/h6-12,24H,13H2,1-5H3;2-6,11H,1H3,(H,12,13). The highest BCUT2D eigenvalue weighted by atomic mass is 16.5. The minimum atomic E-state index is -1.02. The predicted octanol–water partition coefficient (Wildman–Crippen LogP) is 6.34. The van der Waals surface area contributed by atoms with Crippen molar-refractivity contribution in [3.8, 4) is 22.9 Å². The first-order chi connectivity index (χ1) is 17.8. The van der Waals surface area contributed by atoms with Crippen LogP contribution in [0.15, 0.2) is 66.7 Å². The van der Waals surface area contributed by atoms with Gasteiger partial charge in [-0.15, -0.1) is 15.0 Å². The number of aliphatic carboxylic acids is 1. The fourth-order valence-electron chi connectivity index (χ4n) is 4.47. The molecule has 0 bridgehead atoms. The number of carbonyl (C=O) groups is 1. The van der Waals surface area contributed by atoms with Crippen molar-refractivity contribution in [3.05, 3.63) is 77.9 Å². The molecule has 4 rings (SSSR count). The Morgan fingerprint density at radius 1 is 0.921 bits per heavy atom. The summed E-state index contributed by atoms with van der Waals surface area (Å²) in [6.07, 6.45) is 3.48. The molecule has 4 aromatic rings. The van der Waals surface area contributed by atoms with Gasteiger partial charge >= 0.3 is 5.97 Å². The van der Waals surface area contributed by atoms with E-state index in [0.29, 0.717) is 17.0 Å². The third-order valence-electron chi connectivity index (χ3n) is 5.85. The molecule has 0 radical (unpaired) electrons. The summed E-state index contributed by atoms with van der Waals surface area (Å²) in [4.78, 5) is 11.8. The summed E-state index contributed by atoms with van der Waals surface area (Å²) in [5.41, 5.74) is 4.29. The van der Waals surface area contributed by atoms with Crippen molar-refractivity contribution in [2.75, 3.05) is 7.11 Å². The molecule has 0 aliphatic carbocycles. The summed E-state index contributed by atoms with van der Waals surface area (Å²) >= 11 is 0. The Morgan fingerprint density at radius 2 is 1.53 bits per heavy atom. The Hall–Kier alpha value is -4.33. The van der Waals surface area contributed by atoms with Crippen LogP contribution in [0, 0.1) is 5.41 Å². The Labute approximate surface area is 222 Å². The van der Waals surface area contributed by atoms with E-state index in [-0.39, 0.29) is 22.3 Å². The topological polar surface area (TPSA) is 118 Å². The molecule has 0 aliphatic heterocycles. The monoisotopic (exact) mass is 517 g/mol. The van der Waals surface area contributed by atoms with Gasteiger partial charge in [0.2, 0.25) is 0 Å². The fourth-order valence-corrected chi connectivity index (χ4v) is 4.47. The van der Waals surface area contributed by atoms with Crippen molar-refractivity contribution in [2.45, 2.75) is 46.5 Å². The van der Waals surface area contributed by atoms with Crippen LogP contribution in [0.3, 0.4) is 0 Å². The summed E-state index contributed by atoms with van der Waals surface area (Å²) < 4.78 is 4.86. The SMILES string of the molecule is CC(C)(C)CC(C)(C)c1ccc(O)c(-n2nc3ccccc3n2)c1.COc1cc(C=CC(=O)O)ccc1O. The van der Waals surface area contributed by atoms with E-state index < -0.39 is 5.97 Å². The zero-order valence-electron chi connectivity index (χ0n) is 22.6. The number of carboxylic acids is 1. The smallest absolute Gasteiger partial charge is 0.328 e. The van der Waals surface area contributed by atoms with Gasteiger partial charge in [-0.05, 0) is 70.9 Å². The molecule has 8 heteroatoms. The number of aromatic nitrogens is 3. The molecule has 0 saturated carbocycles. The molecule has 0 fully saturated rings. The lowest BCUT2D eigenvalue weighted by Crippen LogP contribution is -2.25. The molecule has 0 unspecified atom stereocenters. The molecule has 8 nitrogen and oxygen atoms in total. The third kappa shape index (κ3) is 7.35. The summed E-state index contributed by atoms with van der Waals surface area (Å²) in [6.45, 7) is 11.2. The minimum Gasteiger partial charge on any atom is -0.506 e. The van der Waals surface area contributed by atoms with Gasteiger partial charge in [0.15, 0.2) is 11.5 Å². The molecule has 200 valence electrons. The maximum Gasteiger partial charge on any atom is 0.328 e. The maximum absolute atomic E-state index is 10.3. The highest BCUT2D eigenvalue weighted by Crippen LogP contribution is 2.38.